The lowest BCUT2D eigenvalue weighted by molar-refractivity contribution is -0.384. The van der Waals surface area contributed by atoms with E-state index in [0.29, 0.717) is 11.8 Å². The molecule has 0 spiro atoms. The van der Waals surface area contributed by atoms with Crippen molar-refractivity contribution in [2.24, 2.45) is 0 Å². The summed E-state index contributed by atoms with van der Waals surface area (Å²) < 4.78 is 0. The maximum absolute atomic E-state index is 10.6. The van der Waals surface area contributed by atoms with E-state index in [1.807, 2.05) is 0 Å². The van der Waals surface area contributed by atoms with E-state index in [0.717, 1.165) is 0 Å². The largest absolute Gasteiger partial charge is 0.392 e. The molecule has 0 saturated carbocycles. The Hall–Kier alpha value is -2.01. The van der Waals surface area contributed by atoms with Gasteiger partial charge in [-0.1, -0.05) is 12.2 Å². The molecule has 0 amide bonds. The molecule has 0 aliphatic carbocycles. The second-order valence-electron chi connectivity index (χ2n) is 2.77. The summed E-state index contributed by atoms with van der Waals surface area (Å²) in [6, 6.07) is 3.97. The highest BCUT2D eigenvalue weighted by Crippen LogP contribution is 2.17. The van der Waals surface area contributed by atoms with E-state index in [9.17, 15) is 14.9 Å². The Balaban J connectivity index is 3.14. The van der Waals surface area contributed by atoms with Crippen molar-refractivity contribution in [1.82, 2.24) is 0 Å². The normalized spacial score (nSPS) is 10.5. The van der Waals surface area contributed by atoms with Gasteiger partial charge in [0.25, 0.3) is 5.69 Å². The summed E-state index contributed by atoms with van der Waals surface area (Å²) in [6.45, 7) is -0.144. The minimum atomic E-state index is -0.563. The lowest BCUT2D eigenvalue weighted by Gasteiger charge is -1.98. The van der Waals surface area contributed by atoms with Crippen LogP contribution in [0.25, 0.3) is 6.08 Å². The molecule has 78 valence electrons. The number of carbonyl (C=O) groups is 1. The van der Waals surface area contributed by atoms with E-state index in [1.54, 1.807) is 0 Å². The molecule has 1 N–H and O–H groups in total. The number of non-ortho nitro benzene ring substituents is 1. The lowest BCUT2D eigenvalue weighted by atomic mass is 10.1. The van der Waals surface area contributed by atoms with Crippen LogP contribution in [-0.2, 0) is 0 Å². The average molecular weight is 207 g/mol. The van der Waals surface area contributed by atoms with Gasteiger partial charge in [-0.05, 0) is 11.6 Å². The third-order valence-corrected chi connectivity index (χ3v) is 1.81. The van der Waals surface area contributed by atoms with Gasteiger partial charge in [0, 0.05) is 17.7 Å². The van der Waals surface area contributed by atoms with Crippen molar-refractivity contribution >= 4 is 18.0 Å². The summed E-state index contributed by atoms with van der Waals surface area (Å²) in [7, 11) is 0. The van der Waals surface area contributed by atoms with E-state index in [4.69, 9.17) is 5.11 Å². The van der Waals surface area contributed by atoms with Crippen LogP contribution in [0.2, 0.25) is 0 Å². The maximum atomic E-state index is 10.6. The first-order valence-electron chi connectivity index (χ1n) is 4.20. The zero-order valence-corrected chi connectivity index (χ0v) is 7.79. The number of hydrogen-bond acceptors (Lipinski definition) is 4. The van der Waals surface area contributed by atoms with E-state index in [1.165, 1.54) is 30.4 Å². The van der Waals surface area contributed by atoms with Gasteiger partial charge in [0.1, 0.15) is 0 Å². The SMILES string of the molecule is O=Cc1cc([N+](=O)[O-])ccc1C=CCO. The Bertz CT molecular complexity index is 412. The molecule has 15 heavy (non-hydrogen) atoms. The predicted octanol–water partition coefficient (Wildman–Crippen LogP) is 1.41. The fraction of sp³-hybridized carbons (Fsp3) is 0.100. The summed E-state index contributed by atoms with van der Waals surface area (Å²) in [4.78, 5) is 20.5. The van der Waals surface area contributed by atoms with Gasteiger partial charge in [0.15, 0.2) is 6.29 Å². The van der Waals surface area contributed by atoms with Gasteiger partial charge in [0.2, 0.25) is 0 Å². The van der Waals surface area contributed by atoms with Crippen molar-refractivity contribution in [2.45, 2.75) is 0 Å². The number of nitrogens with zero attached hydrogens (tertiary/aromatic N) is 1. The molecule has 0 atom stereocenters. The Labute approximate surface area is 85.8 Å². The van der Waals surface area contributed by atoms with Crippen LogP contribution in [0, 0.1) is 10.1 Å². The molecule has 0 fully saturated rings. The summed E-state index contributed by atoms with van der Waals surface area (Å²) in [5.41, 5.74) is 0.650. The Kier molecular flexibility index (Phi) is 3.70. The van der Waals surface area contributed by atoms with Gasteiger partial charge in [0.05, 0.1) is 11.5 Å². The highest BCUT2D eigenvalue weighted by atomic mass is 16.6. The van der Waals surface area contributed by atoms with Crippen LogP contribution in [0.3, 0.4) is 0 Å². The third kappa shape index (κ3) is 2.72. The molecule has 0 radical (unpaired) electrons. The molecule has 1 rings (SSSR count). The number of aldehydes is 1. The monoisotopic (exact) mass is 207 g/mol. The summed E-state index contributed by atoms with van der Waals surface area (Å²) in [6.07, 6.45) is 3.53. The molecule has 0 saturated heterocycles. The average Bonchev–Trinajstić information content (AvgIpc) is 2.25. The second kappa shape index (κ2) is 5.02. The number of hydrogen-bond donors (Lipinski definition) is 1. The second-order valence-corrected chi connectivity index (χ2v) is 2.77. The molecule has 1 aromatic rings. The molecule has 0 aromatic heterocycles. The van der Waals surface area contributed by atoms with Crippen LogP contribution in [-0.4, -0.2) is 22.9 Å². The van der Waals surface area contributed by atoms with Crippen molar-refractivity contribution < 1.29 is 14.8 Å². The Morgan fingerprint density at radius 2 is 2.13 bits per heavy atom. The number of benzene rings is 1. The van der Waals surface area contributed by atoms with E-state index < -0.39 is 4.92 Å². The van der Waals surface area contributed by atoms with E-state index in [-0.39, 0.29) is 17.9 Å². The van der Waals surface area contributed by atoms with Gasteiger partial charge in [-0.25, -0.2) is 0 Å². The molecular formula is C10H9NO4. The van der Waals surface area contributed by atoms with Crippen molar-refractivity contribution in [1.29, 1.82) is 0 Å². The standard InChI is InChI=1S/C10H9NO4/c12-5-1-2-8-3-4-10(11(14)15)6-9(8)7-13/h1-4,6-7,12H,5H2. The first-order valence-corrected chi connectivity index (χ1v) is 4.20. The van der Waals surface area contributed by atoms with Crippen LogP contribution in [0.5, 0.6) is 0 Å². The Morgan fingerprint density at radius 3 is 2.67 bits per heavy atom. The number of aliphatic hydroxyl groups excluding tert-OH is 1. The molecular weight excluding hydrogens is 198 g/mol. The number of rotatable bonds is 4. The zero-order valence-electron chi connectivity index (χ0n) is 7.79. The molecule has 0 bridgehead atoms. The van der Waals surface area contributed by atoms with Gasteiger partial charge in [-0.2, -0.15) is 0 Å². The Morgan fingerprint density at radius 1 is 1.40 bits per heavy atom. The molecule has 0 aliphatic rings. The molecule has 0 unspecified atom stereocenters. The van der Waals surface area contributed by atoms with Crippen molar-refractivity contribution in [3.8, 4) is 0 Å². The minimum Gasteiger partial charge on any atom is -0.392 e. The molecule has 5 heteroatoms. The predicted molar refractivity (Wildman–Crippen MR) is 54.6 cm³/mol. The maximum Gasteiger partial charge on any atom is 0.270 e. The minimum absolute atomic E-state index is 0.127. The number of nitro groups is 1. The van der Waals surface area contributed by atoms with E-state index in [2.05, 4.69) is 0 Å². The van der Waals surface area contributed by atoms with E-state index >= 15 is 0 Å². The van der Waals surface area contributed by atoms with Crippen LogP contribution in [0.1, 0.15) is 15.9 Å². The molecule has 5 nitrogen and oxygen atoms in total. The van der Waals surface area contributed by atoms with Crippen LogP contribution < -0.4 is 0 Å². The summed E-state index contributed by atoms with van der Waals surface area (Å²) in [5.74, 6) is 0. The van der Waals surface area contributed by atoms with Crippen molar-refractivity contribution in [3.63, 3.8) is 0 Å². The number of nitro benzene ring substituents is 1. The van der Waals surface area contributed by atoms with Crippen molar-refractivity contribution in [3.05, 3.63) is 45.5 Å². The van der Waals surface area contributed by atoms with Gasteiger partial charge in [-0.15, -0.1) is 0 Å². The van der Waals surface area contributed by atoms with Crippen molar-refractivity contribution in [2.75, 3.05) is 6.61 Å². The van der Waals surface area contributed by atoms with Gasteiger partial charge >= 0.3 is 0 Å². The van der Waals surface area contributed by atoms with Gasteiger partial charge in [-0.3, -0.25) is 14.9 Å². The fourth-order valence-corrected chi connectivity index (χ4v) is 1.11. The molecule has 0 heterocycles. The van der Waals surface area contributed by atoms with Crippen LogP contribution >= 0.6 is 0 Å². The topological polar surface area (TPSA) is 80.4 Å². The smallest absolute Gasteiger partial charge is 0.270 e. The summed E-state index contributed by atoms with van der Waals surface area (Å²) >= 11 is 0. The number of carbonyl (C=O) groups excluding carboxylic acids is 1. The summed E-state index contributed by atoms with van der Waals surface area (Å²) in [5, 5.41) is 19.0. The number of aliphatic hydroxyl groups is 1. The lowest BCUT2D eigenvalue weighted by Crippen LogP contribution is -1.92. The van der Waals surface area contributed by atoms with Gasteiger partial charge < -0.3 is 5.11 Å². The zero-order chi connectivity index (χ0) is 11.3. The molecule has 0 aliphatic heterocycles. The third-order valence-electron chi connectivity index (χ3n) is 1.81. The quantitative estimate of drug-likeness (QED) is 0.460. The first kappa shape index (κ1) is 11.1. The molecule has 1 aromatic carbocycles. The first-order chi connectivity index (χ1) is 7.19. The van der Waals surface area contributed by atoms with Crippen LogP contribution in [0.4, 0.5) is 5.69 Å². The van der Waals surface area contributed by atoms with Crippen LogP contribution in [0.15, 0.2) is 24.3 Å². The highest BCUT2D eigenvalue weighted by Gasteiger charge is 2.08. The highest BCUT2D eigenvalue weighted by molar-refractivity contribution is 5.83. The fourth-order valence-electron chi connectivity index (χ4n) is 1.11.